The van der Waals surface area contributed by atoms with Gasteiger partial charge in [0.15, 0.2) is 0 Å². The molecule has 1 aliphatic rings. The Morgan fingerprint density at radius 3 is 2.52 bits per heavy atom. The van der Waals surface area contributed by atoms with Crippen LogP contribution in [0.5, 0.6) is 0 Å². The summed E-state index contributed by atoms with van der Waals surface area (Å²) in [5.41, 5.74) is 4.53. The smallest absolute Gasteiger partial charge is 0.293 e. The Labute approximate surface area is 175 Å². The van der Waals surface area contributed by atoms with E-state index in [4.69, 9.17) is 0 Å². The van der Waals surface area contributed by atoms with E-state index < -0.39 is 0 Å². The minimum Gasteiger partial charge on any atom is -0.342 e. The molecule has 0 aliphatic carbocycles. The molecule has 4 rings (SSSR count). The second-order valence-electron chi connectivity index (χ2n) is 7.52. The fraction of sp³-hybridized carbons (Fsp3) is 0.250. The average Bonchev–Trinajstić information content (AvgIpc) is 3.20. The highest BCUT2D eigenvalue weighted by Crippen LogP contribution is 2.35. The van der Waals surface area contributed by atoms with Crippen molar-refractivity contribution in [1.82, 2.24) is 9.47 Å². The van der Waals surface area contributed by atoms with Gasteiger partial charge in [-0.25, -0.2) is 0 Å². The number of aryl methyl sites for hydroxylation is 1. The van der Waals surface area contributed by atoms with Gasteiger partial charge in [-0.2, -0.15) is 0 Å². The second kappa shape index (κ2) is 7.91. The molecule has 2 amide bonds. The molecule has 0 unspecified atom stereocenters. The highest BCUT2D eigenvalue weighted by Gasteiger charge is 2.37. The Morgan fingerprint density at radius 2 is 1.79 bits per heavy atom. The molecule has 1 saturated heterocycles. The molecule has 29 heavy (non-hydrogen) atoms. The van der Waals surface area contributed by atoms with Gasteiger partial charge in [0.1, 0.15) is 0 Å². The van der Waals surface area contributed by atoms with Gasteiger partial charge in [-0.1, -0.05) is 55.0 Å². The summed E-state index contributed by atoms with van der Waals surface area (Å²) in [4.78, 5) is 27.0. The number of hydrogen-bond donors (Lipinski definition) is 0. The van der Waals surface area contributed by atoms with E-state index >= 15 is 0 Å². The summed E-state index contributed by atoms with van der Waals surface area (Å²) in [6, 6.07) is 16.6. The lowest BCUT2D eigenvalue weighted by molar-refractivity contribution is -0.124. The van der Waals surface area contributed by atoms with Crippen molar-refractivity contribution in [3.8, 4) is 0 Å². The van der Waals surface area contributed by atoms with E-state index in [1.807, 2.05) is 32.1 Å². The second-order valence-corrected chi connectivity index (χ2v) is 8.52. The molecular weight excluding hydrogens is 380 g/mol. The van der Waals surface area contributed by atoms with Gasteiger partial charge in [0.2, 0.25) is 0 Å². The highest BCUT2D eigenvalue weighted by molar-refractivity contribution is 8.18. The first-order valence-electron chi connectivity index (χ1n) is 9.88. The van der Waals surface area contributed by atoms with Crippen LogP contribution in [0, 0.1) is 6.92 Å². The third-order valence-electron chi connectivity index (χ3n) is 5.43. The number of fused-ring (bicyclic) bond motifs is 1. The highest BCUT2D eigenvalue weighted by atomic mass is 32.2. The zero-order valence-electron chi connectivity index (χ0n) is 16.9. The van der Waals surface area contributed by atoms with Gasteiger partial charge in [0, 0.05) is 35.2 Å². The first kappa shape index (κ1) is 19.5. The van der Waals surface area contributed by atoms with Gasteiger partial charge in [-0.3, -0.25) is 14.5 Å². The molecule has 0 bridgehead atoms. The predicted octanol–water partition coefficient (Wildman–Crippen LogP) is 5.83. The van der Waals surface area contributed by atoms with Crippen molar-refractivity contribution in [3.05, 3.63) is 76.3 Å². The number of aromatic nitrogens is 1. The van der Waals surface area contributed by atoms with Crippen LogP contribution in [0.2, 0.25) is 0 Å². The SMILES string of the molecule is CC[C@@H](C)N1C(=O)S/C(=C/c2cn(Cc3ccc(C)cc3)c3ccccc23)C1=O. The van der Waals surface area contributed by atoms with Gasteiger partial charge < -0.3 is 4.57 Å². The van der Waals surface area contributed by atoms with Crippen LogP contribution in [0.3, 0.4) is 0 Å². The lowest BCUT2D eigenvalue weighted by Crippen LogP contribution is -2.36. The van der Waals surface area contributed by atoms with Crippen molar-refractivity contribution >= 4 is 39.9 Å². The van der Waals surface area contributed by atoms with Gasteiger partial charge in [0.05, 0.1) is 4.91 Å². The lowest BCUT2D eigenvalue weighted by atomic mass is 10.1. The fourth-order valence-corrected chi connectivity index (χ4v) is 4.52. The molecule has 148 valence electrons. The molecule has 2 aromatic carbocycles. The summed E-state index contributed by atoms with van der Waals surface area (Å²) in [6.07, 6.45) is 4.68. The van der Waals surface area contributed by atoms with E-state index in [-0.39, 0.29) is 17.2 Å². The Morgan fingerprint density at radius 1 is 1.07 bits per heavy atom. The number of amides is 2. The summed E-state index contributed by atoms with van der Waals surface area (Å²) in [5.74, 6) is -0.190. The van der Waals surface area contributed by atoms with Crippen molar-refractivity contribution in [2.45, 2.75) is 39.8 Å². The molecule has 5 heteroatoms. The summed E-state index contributed by atoms with van der Waals surface area (Å²) >= 11 is 1.03. The van der Waals surface area contributed by atoms with Gasteiger partial charge in [-0.15, -0.1) is 0 Å². The number of rotatable bonds is 5. The number of benzene rings is 2. The zero-order valence-corrected chi connectivity index (χ0v) is 17.7. The van der Waals surface area contributed by atoms with Crippen LogP contribution in [0.4, 0.5) is 4.79 Å². The van der Waals surface area contributed by atoms with Crippen LogP contribution in [0.25, 0.3) is 17.0 Å². The monoisotopic (exact) mass is 404 g/mol. The van der Waals surface area contributed by atoms with Crippen molar-refractivity contribution in [2.24, 2.45) is 0 Å². The topological polar surface area (TPSA) is 42.3 Å². The van der Waals surface area contributed by atoms with E-state index in [1.165, 1.54) is 16.0 Å². The van der Waals surface area contributed by atoms with E-state index in [1.54, 1.807) is 0 Å². The predicted molar refractivity (Wildman–Crippen MR) is 120 cm³/mol. The number of nitrogens with zero attached hydrogens (tertiary/aromatic N) is 2. The Balaban J connectivity index is 1.72. The zero-order chi connectivity index (χ0) is 20.5. The molecule has 3 aromatic rings. The fourth-order valence-electron chi connectivity index (χ4n) is 3.59. The van der Waals surface area contributed by atoms with Crippen LogP contribution in [0.15, 0.2) is 59.6 Å². The standard InChI is InChI=1S/C24H24N2O2S/c1-4-17(3)26-23(27)22(29-24(26)28)13-19-15-25(21-8-6-5-7-20(19)21)14-18-11-9-16(2)10-12-18/h5-13,15,17H,4,14H2,1-3H3/b22-13+/t17-/m1/s1. The van der Waals surface area contributed by atoms with E-state index in [9.17, 15) is 9.59 Å². The number of thioether (sulfide) groups is 1. The van der Waals surface area contributed by atoms with E-state index in [0.717, 1.165) is 41.2 Å². The van der Waals surface area contributed by atoms with Crippen molar-refractivity contribution in [3.63, 3.8) is 0 Å². The molecule has 4 nitrogen and oxygen atoms in total. The number of carbonyl (C=O) groups is 2. The first-order valence-corrected chi connectivity index (χ1v) is 10.7. The Kier molecular flexibility index (Phi) is 5.33. The molecule has 0 radical (unpaired) electrons. The first-order chi connectivity index (χ1) is 14.0. The lowest BCUT2D eigenvalue weighted by Gasteiger charge is -2.19. The molecular formula is C24H24N2O2S. The average molecular weight is 405 g/mol. The summed E-state index contributed by atoms with van der Waals surface area (Å²) < 4.78 is 2.20. The van der Waals surface area contributed by atoms with Gasteiger partial charge in [-0.05, 0) is 49.7 Å². The maximum atomic E-state index is 12.8. The van der Waals surface area contributed by atoms with Crippen LogP contribution < -0.4 is 0 Å². The molecule has 1 atom stereocenters. The van der Waals surface area contributed by atoms with Gasteiger partial charge in [0.25, 0.3) is 11.1 Å². The maximum Gasteiger partial charge on any atom is 0.293 e. The van der Waals surface area contributed by atoms with E-state index in [2.05, 4.69) is 54.1 Å². The number of para-hydroxylation sites is 1. The molecule has 1 fully saturated rings. The minimum absolute atomic E-state index is 0.0868. The largest absolute Gasteiger partial charge is 0.342 e. The van der Waals surface area contributed by atoms with E-state index in [0.29, 0.717) is 4.91 Å². The molecule has 0 spiro atoms. The van der Waals surface area contributed by atoms with Crippen LogP contribution in [0.1, 0.15) is 37.0 Å². The van der Waals surface area contributed by atoms with Crippen LogP contribution >= 0.6 is 11.8 Å². The molecule has 0 saturated carbocycles. The summed E-state index contributed by atoms with van der Waals surface area (Å²) in [6.45, 7) is 6.73. The Bertz CT molecular complexity index is 1110. The third-order valence-corrected chi connectivity index (χ3v) is 6.32. The molecule has 0 N–H and O–H groups in total. The van der Waals surface area contributed by atoms with Crippen molar-refractivity contribution in [2.75, 3.05) is 0 Å². The van der Waals surface area contributed by atoms with Crippen molar-refractivity contribution < 1.29 is 9.59 Å². The minimum atomic E-state index is -0.190. The Hall–Kier alpha value is -2.79. The molecule has 1 aliphatic heterocycles. The number of carbonyl (C=O) groups excluding carboxylic acids is 2. The molecule has 1 aromatic heterocycles. The van der Waals surface area contributed by atoms with Crippen molar-refractivity contribution in [1.29, 1.82) is 0 Å². The third kappa shape index (κ3) is 3.75. The van der Waals surface area contributed by atoms with Crippen LogP contribution in [-0.4, -0.2) is 26.7 Å². The number of hydrogen-bond acceptors (Lipinski definition) is 3. The number of imide groups is 1. The normalized spacial score (nSPS) is 16.9. The maximum absolute atomic E-state index is 12.8. The van der Waals surface area contributed by atoms with Crippen LogP contribution in [-0.2, 0) is 11.3 Å². The van der Waals surface area contributed by atoms with Gasteiger partial charge >= 0.3 is 0 Å². The summed E-state index contributed by atoms with van der Waals surface area (Å²) in [5, 5.41) is 0.897. The molecule has 2 heterocycles. The quantitative estimate of drug-likeness (QED) is 0.502. The summed E-state index contributed by atoms with van der Waals surface area (Å²) in [7, 11) is 0.